The number of rotatable bonds is 2. The fourth-order valence-corrected chi connectivity index (χ4v) is 10.5. The Bertz CT molecular complexity index is 1800. The molecular formula is C47H52Cl2Hf-2. The van der Waals surface area contributed by atoms with Crippen LogP contribution in [0.1, 0.15) is 90.5 Å². The van der Waals surface area contributed by atoms with Gasteiger partial charge in [-0.15, -0.1) is 6.92 Å². The van der Waals surface area contributed by atoms with Crippen LogP contribution in [0.4, 0.5) is 0 Å². The third-order valence-corrected chi connectivity index (χ3v) is 15.5. The van der Waals surface area contributed by atoms with Crippen LogP contribution >= 0.6 is 0 Å². The van der Waals surface area contributed by atoms with Gasteiger partial charge in [-0.3, -0.25) is 0 Å². The van der Waals surface area contributed by atoms with Crippen LogP contribution in [0.2, 0.25) is 0 Å². The Morgan fingerprint density at radius 3 is 1.80 bits per heavy atom. The maximum absolute atomic E-state index is 2.62. The SMILES string of the molecule is C[C-]1C2=C3Cc4ccccc4C3=C3C=CCCC3C2(C)C(C)(C)C(C)(C)C1(C)C.[Cl-].[Cl-].[Hf+2]=[C](c1ccccc1)c1ccccc1.c1cc[cH-]c1. The average Bonchev–Trinajstić information content (AvgIpc) is 3.81. The van der Waals surface area contributed by atoms with Crippen LogP contribution in [-0.2, 0) is 30.3 Å². The van der Waals surface area contributed by atoms with Crippen molar-refractivity contribution < 1.29 is 48.7 Å². The number of hydrogen-bond donors (Lipinski definition) is 0. The molecule has 2 unspecified atom stereocenters. The zero-order valence-corrected chi connectivity index (χ0v) is 36.2. The molecule has 4 aliphatic carbocycles. The molecule has 0 heterocycles. The Kier molecular flexibility index (Phi) is 12.5. The van der Waals surface area contributed by atoms with Crippen LogP contribution in [0.15, 0.2) is 144 Å². The Hall–Kier alpha value is -2.58. The van der Waals surface area contributed by atoms with E-state index in [0.29, 0.717) is 5.92 Å². The normalized spacial score (nSPS) is 22.8. The van der Waals surface area contributed by atoms with Gasteiger partial charge < -0.3 is 24.8 Å². The van der Waals surface area contributed by atoms with Crippen molar-refractivity contribution in [2.75, 3.05) is 0 Å². The smallest absolute Gasteiger partial charge is 0.172 e. The van der Waals surface area contributed by atoms with Crippen molar-refractivity contribution in [3.05, 3.63) is 172 Å². The van der Waals surface area contributed by atoms with Gasteiger partial charge in [0.1, 0.15) is 0 Å². The van der Waals surface area contributed by atoms with E-state index in [1.807, 2.05) is 30.3 Å². The number of halogens is 2. The molecule has 0 bridgehead atoms. The van der Waals surface area contributed by atoms with E-state index in [4.69, 9.17) is 0 Å². The minimum Gasteiger partial charge on any atom is -0.214 e. The molecule has 4 aromatic rings. The zero-order chi connectivity index (χ0) is 34.3. The van der Waals surface area contributed by atoms with Crippen molar-refractivity contribution in [2.45, 2.75) is 74.7 Å². The zero-order valence-electron chi connectivity index (χ0n) is 31.1. The first kappa shape index (κ1) is 40.2. The van der Waals surface area contributed by atoms with Gasteiger partial charge in [0.15, 0.2) is 0 Å². The van der Waals surface area contributed by atoms with Crippen LogP contribution in [-0.4, -0.2) is 3.26 Å². The molecule has 4 aliphatic rings. The van der Waals surface area contributed by atoms with E-state index in [1.165, 1.54) is 38.4 Å². The number of fused-ring (bicyclic) bond motifs is 6. The molecule has 3 heteroatoms. The first-order valence-corrected chi connectivity index (χ1v) is 19.6. The van der Waals surface area contributed by atoms with Gasteiger partial charge in [-0.05, 0) is 40.6 Å². The molecule has 1 fully saturated rings. The van der Waals surface area contributed by atoms with Gasteiger partial charge in [-0.25, -0.2) is 18.1 Å². The van der Waals surface area contributed by atoms with Crippen LogP contribution in [0, 0.1) is 33.5 Å². The summed E-state index contributed by atoms with van der Waals surface area (Å²) in [5.41, 5.74) is 13.0. The van der Waals surface area contributed by atoms with Crippen LogP contribution in [0.3, 0.4) is 0 Å². The van der Waals surface area contributed by atoms with Crippen molar-refractivity contribution in [2.24, 2.45) is 27.6 Å². The third kappa shape index (κ3) is 6.50. The molecule has 0 saturated heterocycles. The van der Waals surface area contributed by atoms with Gasteiger partial charge in [-0.2, -0.15) is 29.3 Å². The molecule has 260 valence electrons. The molecular weight excluding hydrogens is 814 g/mol. The van der Waals surface area contributed by atoms with Crippen LogP contribution in [0.25, 0.3) is 5.57 Å². The Morgan fingerprint density at radius 2 is 1.26 bits per heavy atom. The first-order chi connectivity index (χ1) is 22.9. The monoisotopic (exact) mass is 866 g/mol. The Balaban J connectivity index is 0.000000223. The van der Waals surface area contributed by atoms with E-state index in [-0.39, 0.29) is 46.5 Å². The largest absolute Gasteiger partial charge is 0.214 e. The Morgan fingerprint density at radius 1 is 0.720 bits per heavy atom. The van der Waals surface area contributed by atoms with Crippen molar-refractivity contribution in [1.29, 1.82) is 0 Å². The molecule has 0 aromatic heterocycles. The topological polar surface area (TPSA) is 0 Å². The second-order valence-corrected chi connectivity index (χ2v) is 17.6. The minimum absolute atomic E-state index is 0. The maximum atomic E-state index is 2.62. The van der Waals surface area contributed by atoms with Gasteiger partial charge in [0.05, 0.1) is 0 Å². The van der Waals surface area contributed by atoms with Crippen molar-refractivity contribution in [3.63, 3.8) is 0 Å². The summed E-state index contributed by atoms with van der Waals surface area (Å²) in [6.07, 6.45) is 8.50. The van der Waals surface area contributed by atoms with E-state index in [2.05, 4.69) is 152 Å². The second kappa shape index (κ2) is 15.6. The average molecular weight is 866 g/mol. The maximum Gasteiger partial charge on any atom is -0.172 e. The fourth-order valence-electron chi connectivity index (χ4n) is 9.27. The van der Waals surface area contributed by atoms with Crippen LogP contribution < -0.4 is 24.8 Å². The van der Waals surface area contributed by atoms with Gasteiger partial charge in [0.25, 0.3) is 0 Å². The minimum atomic E-state index is 0. The summed E-state index contributed by atoms with van der Waals surface area (Å²) in [5, 5.41) is 0. The summed E-state index contributed by atoms with van der Waals surface area (Å²) in [6.45, 7) is 20.3. The molecule has 0 radical (unpaired) electrons. The van der Waals surface area contributed by atoms with Gasteiger partial charge >= 0.3 is 98.9 Å². The number of benzene rings is 3. The summed E-state index contributed by atoms with van der Waals surface area (Å²) < 4.78 is 1.46. The molecule has 2 atom stereocenters. The van der Waals surface area contributed by atoms with Crippen molar-refractivity contribution >= 4 is 8.83 Å². The molecule has 0 nitrogen and oxygen atoms in total. The van der Waals surface area contributed by atoms with Crippen molar-refractivity contribution in [3.8, 4) is 0 Å². The quantitative estimate of drug-likeness (QED) is 0.167. The third-order valence-electron chi connectivity index (χ3n) is 13.5. The fraction of sp³-hybridized carbons (Fsp3) is 0.340. The molecule has 50 heavy (non-hydrogen) atoms. The second-order valence-electron chi connectivity index (χ2n) is 15.8. The van der Waals surface area contributed by atoms with E-state index < -0.39 is 0 Å². The first-order valence-electron chi connectivity index (χ1n) is 17.8. The molecule has 0 N–H and O–H groups in total. The summed E-state index contributed by atoms with van der Waals surface area (Å²) in [6, 6.07) is 40.4. The summed E-state index contributed by atoms with van der Waals surface area (Å²) in [5.74, 6) is 2.24. The van der Waals surface area contributed by atoms with Gasteiger partial charge in [-0.1, -0.05) is 113 Å². The Labute approximate surface area is 329 Å². The van der Waals surface area contributed by atoms with E-state index in [0.717, 1.165) is 30.3 Å². The molecule has 0 amide bonds. The van der Waals surface area contributed by atoms with Crippen molar-refractivity contribution in [1.82, 2.24) is 0 Å². The van der Waals surface area contributed by atoms with Gasteiger partial charge in [0, 0.05) is 0 Å². The summed E-state index contributed by atoms with van der Waals surface area (Å²) in [4.78, 5) is 0. The summed E-state index contributed by atoms with van der Waals surface area (Å²) in [7, 11) is 0. The molecule has 8 rings (SSSR count). The van der Waals surface area contributed by atoms with E-state index in [9.17, 15) is 0 Å². The molecule has 4 aromatic carbocycles. The molecule has 1 saturated carbocycles. The molecule has 0 aliphatic heterocycles. The van der Waals surface area contributed by atoms with E-state index in [1.54, 1.807) is 28.2 Å². The molecule has 0 spiro atoms. The number of allylic oxidation sites excluding steroid dienone is 6. The number of hydrogen-bond acceptors (Lipinski definition) is 0. The van der Waals surface area contributed by atoms with E-state index >= 15 is 0 Å². The standard InChI is InChI=1S/C29H37.C13H10.C5H5.2ClH.Hf/c1-18-25-22-17-19-13-9-10-14-20(19)24(22)21-15-11-12-16-23(21)29(25,8)28(6,7)27(4,5)26(18,2)3;1-3-7-12(8-4-1)11-13-9-5-2-6-10-13;1-2-4-5-3-1;;;/h9-11,13-15,23H,12,16-17H2,1-8H3;1-10H;1-5H;2*1H;/q-1;;-1;;;+2/p-2. The predicted molar refractivity (Wildman–Crippen MR) is 202 cm³/mol. The predicted octanol–water partition coefficient (Wildman–Crippen LogP) is 6.18. The van der Waals surface area contributed by atoms with Crippen LogP contribution in [0.5, 0.6) is 0 Å². The summed E-state index contributed by atoms with van der Waals surface area (Å²) >= 11 is 1.08. The van der Waals surface area contributed by atoms with Gasteiger partial charge in [0.2, 0.25) is 0 Å².